The topological polar surface area (TPSA) is 53.1 Å². The normalized spacial score (nSPS) is 12.4. The second kappa shape index (κ2) is 5.69. The van der Waals surface area contributed by atoms with Crippen molar-refractivity contribution in [2.24, 2.45) is 12.8 Å². The first-order chi connectivity index (χ1) is 8.67. The number of aromatic nitrogens is 2. The van der Waals surface area contributed by atoms with Crippen LogP contribution in [0, 0.1) is 0 Å². The fourth-order valence-corrected chi connectivity index (χ4v) is 2.05. The number of methoxy groups -OCH3 is 1. The van der Waals surface area contributed by atoms with Gasteiger partial charge in [-0.2, -0.15) is 5.10 Å². The monoisotopic (exact) mass is 245 g/mol. The molecule has 1 unspecified atom stereocenters. The van der Waals surface area contributed by atoms with Crippen LogP contribution < -0.4 is 10.5 Å². The minimum absolute atomic E-state index is 0.0984. The van der Waals surface area contributed by atoms with Crippen molar-refractivity contribution in [1.29, 1.82) is 0 Å². The predicted octanol–water partition coefficient (Wildman–Crippen LogP) is 1.54. The van der Waals surface area contributed by atoms with E-state index >= 15 is 0 Å². The Morgan fingerprint density at radius 1 is 1.33 bits per heavy atom. The minimum Gasteiger partial charge on any atom is -0.497 e. The number of hydrogen-bond acceptors (Lipinski definition) is 3. The Hall–Kier alpha value is -1.81. The molecule has 0 bridgehead atoms. The van der Waals surface area contributed by atoms with E-state index < -0.39 is 0 Å². The van der Waals surface area contributed by atoms with Crippen molar-refractivity contribution in [3.63, 3.8) is 0 Å². The smallest absolute Gasteiger partial charge is 0.119 e. The van der Waals surface area contributed by atoms with Gasteiger partial charge in [0.1, 0.15) is 5.75 Å². The van der Waals surface area contributed by atoms with Gasteiger partial charge in [0.25, 0.3) is 0 Å². The molecule has 0 aliphatic rings. The summed E-state index contributed by atoms with van der Waals surface area (Å²) in [5, 5.41) is 4.15. The van der Waals surface area contributed by atoms with Gasteiger partial charge < -0.3 is 10.5 Å². The summed E-state index contributed by atoms with van der Waals surface area (Å²) in [5.74, 6) is 0.876. The molecule has 18 heavy (non-hydrogen) atoms. The second-order valence-corrected chi connectivity index (χ2v) is 4.54. The first-order valence-electron chi connectivity index (χ1n) is 6.03. The van der Waals surface area contributed by atoms with E-state index in [-0.39, 0.29) is 6.04 Å². The Morgan fingerprint density at radius 3 is 2.78 bits per heavy atom. The maximum Gasteiger partial charge on any atom is 0.119 e. The van der Waals surface area contributed by atoms with Gasteiger partial charge in [-0.05, 0) is 36.1 Å². The van der Waals surface area contributed by atoms with Crippen LogP contribution in [0.2, 0.25) is 0 Å². The van der Waals surface area contributed by atoms with Crippen LogP contribution in [0.25, 0.3) is 0 Å². The van der Waals surface area contributed by atoms with Gasteiger partial charge in [-0.1, -0.05) is 12.1 Å². The molecule has 0 spiro atoms. The van der Waals surface area contributed by atoms with Crippen LogP contribution in [0.1, 0.15) is 11.1 Å². The third-order valence-corrected chi connectivity index (χ3v) is 2.89. The number of aryl methyl sites for hydroxylation is 1. The lowest BCUT2D eigenvalue weighted by Crippen LogP contribution is -2.25. The lowest BCUT2D eigenvalue weighted by molar-refractivity contribution is 0.414. The molecule has 0 fully saturated rings. The summed E-state index contributed by atoms with van der Waals surface area (Å²) in [6.45, 7) is 0. The zero-order valence-electron chi connectivity index (χ0n) is 10.8. The fourth-order valence-electron chi connectivity index (χ4n) is 2.05. The quantitative estimate of drug-likeness (QED) is 0.869. The zero-order valence-corrected chi connectivity index (χ0v) is 10.8. The van der Waals surface area contributed by atoms with Crippen LogP contribution in [0.5, 0.6) is 5.75 Å². The van der Waals surface area contributed by atoms with E-state index in [9.17, 15) is 0 Å². The van der Waals surface area contributed by atoms with Crippen molar-refractivity contribution in [2.75, 3.05) is 7.11 Å². The lowest BCUT2D eigenvalue weighted by Gasteiger charge is -2.11. The van der Waals surface area contributed by atoms with Crippen LogP contribution in [0.3, 0.4) is 0 Å². The predicted molar refractivity (Wildman–Crippen MR) is 71.6 cm³/mol. The molecule has 2 aromatic rings. The number of ether oxygens (including phenoxy) is 1. The van der Waals surface area contributed by atoms with Gasteiger partial charge in [0, 0.05) is 19.3 Å². The highest BCUT2D eigenvalue weighted by molar-refractivity contribution is 5.29. The molecule has 0 saturated heterocycles. The van der Waals surface area contributed by atoms with E-state index in [1.165, 1.54) is 11.1 Å². The molecule has 0 aliphatic carbocycles. The highest BCUT2D eigenvalue weighted by Crippen LogP contribution is 2.14. The largest absolute Gasteiger partial charge is 0.497 e. The molecule has 0 saturated carbocycles. The molecule has 0 radical (unpaired) electrons. The molecule has 2 rings (SSSR count). The summed E-state index contributed by atoms with van der Waals surface area (Å²) in [7, 11) is 3.59. The first-order valence-corrected chi connectivity index (χ1v) is 6.03. The summed E-state index contributed by atoms with van der Waals surface area (Å²) in [4.78, 5) is 0. The molecule has 1 aromatic heterocycles. The summed E-state index contributed by atoms with van der Waals surface area (Å²) in [5.41, 5.74) is 8.53. The summed E-state index contributed by atoms with van der Waals surface area (Å²) in [6.07, 6.45) is 5.55. The molecule has 2 N–H and O–H groups in total. The Morgan fingerprint density at radius 2 is 2.11 bits per heavy atom. The van der Waals surface area contributed by atoms with Crippen LogP contribution in [0.4, 0.5) is 0 Å². The molecule has 1 aromatic carbocycles. The van der Waals surface area contributed by atoms with Gasteiger partial charge in [-0.25, -0.2) is 0 Å². The molecule has 4 nitrogen and oxygen atoms in total. The highest BCUT2D eigenvalue weighted by atomic mass is 16.5. The van der Waals surface area contributed by atoms with E-state index in [1.54, 1.807) is 11.8 Å². The SMILES string of the molecule is COc1cccc(CC(N)Cc2cnn(C)c2)c1. The maximum absolute atomic E-state index is 6.16. The van der Waals surface area contributed by atoms with Crippen molar-refractivity contribution in [2.45, 2.75) is 18.9 Å². The number of nitrogens with zero attached hydrogens (tertiary/aromatic N) is 2. The Kier molecular flexibility index (Phi) is 3.99. The van der Waals surface area contributed by atoms with Crippen LogP contribution in [0.15, 0.2) is 36.7 Å². The number of rotatable bonds is 5. The number of hydrogen-bond donors (Lipinski definition) is 1. The maximum atomic E-state index is 6.16. The van der Waals surface area contributed by atoms with E-state index in [1.807, 2.05) is 37.6 Å². The summed E-state index contributed by atoms with van der Waals surface area (Å²) in [6, 6.07) is 8.14. The second-order valence-electron chi connectivity index (χ2n) is 4.54. The van der Waals surface area contributed by atoms with Gasteiger partial charge >= 0.3 is 0 Å². The molecule has 4 heteroatoms. The van der Waals surface area contributed by atoms with Gasteiger partial charge in [0.2, 0.25) is 0 Å². The molecule has 96 valence electrons. The molecular weight excluding hydrogens is 226 g/mol. The van der Waals surface area contributed by atoms with Gasteiger partial charge in [0.05, 0.1) is 13.3 Å². The Balaban J connectivity index is 1.96. The van der Waals surface area contributed by atoms with E-state index in [4.69, 9.17) is 10.5 Å². The average Bonchev–Trinajstić information content (AvgIpc) is 2.74. The Bertz CT molecular complexity index is 507. The summed E-state index contributed by atoms with van der Waals surface area (Å²) < 4.78 is 7.00. The third-order valence-electron chi connectivity index (χ3n) is 2.89. The first kappa shape index (κ1) is 12.6. The third kappa shape index (κ3) is 3.34. The van der Waals surface area contributed by atoms with Crippen molar-refractivity contribution in [1.82, 2.24) is 9.78 Å². The minimum atomic E-state index is 0.0984. The number of nitrogens with two attached hydrogens (primary N) is 1. The van der Waals surface area contributed by atoms with Crippen LogP contribution >= 0.6 is 0 Å². The molecule has 1 heterocycles. The van der Waals surface area contributed by atoms with E-state index in [0.717, 1.165) is 18.6 Å². The van der Waals surface area contributed by atoms with Gasteiger partial charge in [-0.3, -0.25) is 4.68 Å². The van der Waals surface area contributed by atoms with Crippen molar-refractivity contribution in [3.8, 4) is 5.75 Å². The Labute approximate surface area is 107 Å². The average molecular weight is 245 g/mol. The summed E-state index contributed by atoms with van der Waals surface area (Å²) >= 11 is 0. The lowest BCUT2D eigenvalue weighted by atomic mass is 10.0. The van der Waals surface area contributed by atoms with Gasteiger partial charge in [0.15, 0.2) is 0 Å². The molecular formula is C14H19N3O. The molecule has 1 atom stereocenters. The van der Waals surface area contributed by atoms with E-state index in [0.29, 0.717) is 0 Å². The van der Waals surface area contributed by atoms with Crippen LogP contribution in [-0.4, -0.2) is 22.9 Å². The molecule has 0 aliphatic heterocycles. The van der Waals surface area contributed by atoms with Crippen molar-refractivity contribution < 1.29 is 4.74 Å². The molecule has 0 amide bonds. The number of benzene rings is 1. The standard InChI is InChI=1S/C14H19N3O/c1-17-10-12(9-16-17)7-13(15)6-11-4-3-5-14(8-11)18-2/h3-5,8-10,13H,6-7,15H2,1-2H3. The van der Waals surface area contributed by atoms with E-state index in [2.05, 4.69) is 11.2 Å². The van der Waals surface area contributed by atoms with Crippen LogP contribution in [-0.2, 0) is 19.9 Å². The highest BCUT2D eigenvalue weighted by Gasteiger charge is 2.07. The zero-order chi connectivity index (χ0) is 13.0. The van der Waals surface area contributed by atoms with Crippen molar-refractivity contribution >= 4 is 0 Å². The van der Waals surface area contributed by atoms with Crippen molar-refractivity contribution in [3.05, 3.63) is 47.8 Å². The fraction of sp³-hybridized carbons (Fsp3) is 0.357. The van der Waals surface area contributed by atoms with Gasteiger partial charge in [-0.15, -0.1) is 0 Å².